The van der Waals surface area contributed by atoms with E-state index in [4.69, 9.17) is 0 Å². The number of aromatic nitrogens is 2. The maximum Gasteiger partial charge on any atom is 0.247 e. The van der Waals surface area contributed by atoms with Crippen molar-refractivity contribution in [1.82, 2.24) is 14.8 Å². The summed E-state index contributed by atoms with van der Waals surface area (Å²) in [5, 5.41) is 14.7. The van der Waals surface area contributed by atoms with E-state index in [1.807, 2.05) is 18.4 Å². The van der Waals surface area contributed by atoms with Crippen LogP contribution in [0.2, 0.25) is 0 Å². The smallest absolute Gasteiger partial charge is 0.247 e. The average Bonchev–Trinajstić information content (AvgIpc) is 2.56. The average molecular weight is 224 g/mol. The van der Waals surface area contributed by atoms with Crippen molar-refractivity contribution in [2.75, 3.05) is 32.7 Å². The first-order valence-corrected chi connectivity index (χ1v) is 5.87. The van der Waals surface area contributed by atoms with Crippen LogP contribution in [0.4, 0.5) is 0 Å². The lowest BCUT2D eigenvalue weighted by Crippen LogP contribution is -2.44. The van der Waals surface area contributed by atoms with Crippen molar-refractivity contribution < 1.29 is 4.73 Å². The minimum atomic E-state index is 0.806. The molecule has 5 nitrogen and oxygen atoms in total. The Bertz CT molecular complexity index is 355. The molecule has 1 aromatic rings. The van der Waals surface area contributed by atoms with E-state index < -0.39 is 0 Å². The molecule has 0 saturated carbocycles. The highest BCUT2D eigenvalue weighted by atomic mass is 16.5. The Balaban J connectivity index is 1.91. The summed E-state index contributed by atoms with van der Waals surface area (Å²) in [6, 6.07) is 0. The van der Waals surface area contributed by atoms with Crippen molar-refractivity contribution in [3.63, 3.8) is 0 Å². The van der Waals surface area contributed by atoms with Gasteiger partial charge >= 0.3 is 0 Å². The molecular formula is C11H20N4O. The Morgan fingerprint density at radius 1 is 1.31 bits per heavy atom. The topological polar surface area (TPSA) is 47.1 Å². The molecule has 2 heterocycles. The van der Waals surface area contributed by atoms with Crippen molar-refractivity contribution in [3.8, 4) is 0 Å². The Labute approximate surface area is 96.3 Å². The van der Waals surface area contributed by atoms with Crippen molar-refractivity contribution in [1.29, 1.82) is 0 Å². The molecule has 1 aliphatic rings. The van der Waals surface area contributed by atoms with Gasteiger partial charge < -0.3 is 10.5 Å². The summed E-state index contributed by atoms with van der Waals surface area (Å²) in [6.45, 7) is 10.2. The maximum absolute atomic E-state index is 11.4. The molecule has 0 bridgehead atoms. The lowest BCUT2D eigenvalue weighted by Gasteiger charge is -2.26. The number of rotatable bonds is 3. The van der Waals surface area contributed by atoms with E-state index in [1.165, 1.54) is 0 Å². The number of hydrogen-bond donors (Lipinski definition) is 1. The van der Waals surface area contributed by atoms with Gasteiger partial charge in [0.25, 0.3) is 0 Å². The lowest BCUT2D eigenvalue weighted by molar-refractivity contribution is -0.611. The molecule has 0 spiro atoms. The molecule has 0 amide bonds. The molecule has 5 heteroatoms. The van der Waals surface area contributed by atoms with Gasteiger partial charge in [-0.3, -0.25) is 4.90 Å². The predicted molar refractivity (Wildman–Crippen MR) is 62.2 cm³/mol. The summed E-state index contributed by atoms with van der Waals surface area (Å²) >= 11 is 0. The Morgan fingerprint density at radius 2 is 2.00 bits per heavy atom. The van der Waals surface area contributed by atoms with Crippen molar-refractivity contribution in [2.24, 2.45) is 0 Å². The molecule has 0 aromatic carbocycles. The summed E-state index contributed by atoms with van der Waals surface area (Å²) in [4.78, 5) is 2.43. The standard InChI is InChI=1S/C11H20N4O/c1-10-11(2)15(16)9-14(10)8-7-13-5-3-12-4-6-13/h9,12H,3-8H2,1-2H3. The third-order valence-corrected chi connectivity index (χ3v) is 3.40. The van der Waals surface area contributed by atoms with Crippen molar-refractivity contribution >= 4 is 0 Å². The zero-order chi connectivity index (χ0) is 11.5. The fourth-order valence-electron chi connectivity index (χ4n) is 2.08. The molecule has 0 aliphatic carbocycles. The fourth-order valence-corrected chi connectivity index (χ4v) is 2.08. The van der Waals surface area contributed by atoms with Gasteiger partial charge in [-0.15, -0.1) is 0 Å². The van der Waals surface area contributed by atoms with Gasteiger partial charge in [-0.2, -0.15) is 0 Å². The number of piperazine rings is 1. The van der Waals surface area contributed by atoms with Crippen LogP contribution in [0.15, 0.2) is 6.33 Å². The molecular weight excluding hydrogens is 204 g/mol. The van der Waals surface area contributed by atoms with E-state index in [-0.39, 0.29) is 0 Å². The minimum Gasteiger partial charge on any atom is -0.711 e. The first kappa shape index (κ1) is 11.4. The van der Waals surface area contributed by atoms with E-state index in [0.29, 0.717) is 0 Å². The van der Waals surface area contributed by atoms with E-state index in [2.05, 4.69) is 10.2 Å². The zero-order valence-corrected chi connectivity index (χ0v) is 10.1. The van der Waals surface area contributed by atoms with Crippen LogP contribution < -0.4 is 10.0 Å². The van der Waals surface area contributed by atoms with E-state index in [1.54, 1.807) is 6.33 Å². The van der Waals surface area contributed by atoms with Gasteiger partial charge in [0.2, 0.25) is 6.33 Å². The van der Waals surface area contributed by atoms with Gasteiger partial charge in [-0.25, -0.2) is 9.30 Å². The van der Waals surface area contributed by atoms with Gasteiger partial charge in [-0.05, 0) is 0 Å². The van der Waals surface area contributed by atoms with E-state index in [9.17, 15) is 5.21 Å². The third kappa shape index (κ3) is 2.36. The molecule has 2 rings (SSSR count). The Kier molecular flexibility index (Phi) is 3.46. The molecule has 1 aliphatic heterocycles. The first-order valence-electron chi connectivity index (χ1n) is 5.87. The molecule has 1 N–H and O–H groups in total. The van der Waals surface area contributed by atoms with E-state index in [0.717, 1.165) is 55.4 Å². The molecule has 0 radical (unpaired) electrons. The predicted octanol–water partition coefficient (Wildman–Crippen LogP) is -0.356. The van der Waals surface area contributed by atoms with Gasteiger partial charge in [0.15, 0.2) is 0 Å². The SMILES string of the molecule is Cc1c(C)[n+]([O-])cn1CCN1CCNCC1. The summed E-state index contributed by atoms with van der Waals surface area (Å²) < 4.78 is 3.00. The zero-order valence-electron chi connectivity index (χ0n) is 10.1. The highest BCUT2D eigenvalue weighted by Gasteiger charge is 2.14. The van der Waals surface area contributed by atoms with Crippen LogP contribution in [-0.4, -0.2) is 42.2 Å². The monoisotopic (exact) mass is 224 g/mol. The highest BCUT2D eigenvalue weighted by molar-refractivity contribution is 5.02. The van der Waals surface area contributed by atoms with Crippen molar-refractivity contribution in [2.45, 2.75) is 20.4 Å². The van der Waals surface area contributed by atoms with Crippen LogP contribution in [0.1, 0.15) is 11.4 Å². The molecule has 1 aromatic heterocycles. The fraction of sp³-hybridized carbons (Fsp3) is 0.727. The first-order chi connectivity index (χ1) is 7.68. The number of nitrogens with one attached hydrogen (secondary N) is 1. The van der Waals surface area contributed by atoms with Gasteiger partial charge in [0, 0.05) is 46.6 Å². The van der Waals surface area contributed by atoms with Crippen LogP contribution in [-0.2, 0) is 6.54 Å². The Hall–Kier alpha value is -1.07. The lowest BCUT2D eigenvalue weighted by atomic mass is 10.3. The quantitative estimate of drug-likeness (QED) is 0.563. The minimum absolute atomic E-state index is 0.806. The summed E-state index contributed by atoms with van der Waals surface area (Å²) in [7, 11) is 0. The van der Waals surface area contributed by atoms with Gasteiger partial charge in [-0.1, -0.05) is 0 Å². The second-order valence-corrected chi connectivity index (χ2v) is 4.40. The van der Waals surface area contributed by atoms with Crippen LogP contribution in [0.25, 0.3) is 0 Å². The third-order valence-electron chi connectivity index (χ3n) is 3.40. The number of nitrogens with zero attached hydrogens (tertiary/aromatic N) is 3. The van der Waals surface area contributed by atoms with Crippen LogP contribution in [0.5, 0.6) is 0 Å². The summed E-state index contributed by atoms with van der Waals surface area (Å²) in [5.74, 6) is 0. The second kappa shape index (κ2) is 4.84. The van der Waals surface area contributed by atoms with Crippen LogP contribution in [0.3, 0.4) is 0 Å². The van der Waals surface area contributed by atoms with E-state index >= 15 is 0 Å². The van der Waals surface area contributed by atoms with Crippen molar-refractivity contribution in [3.05, 3.63) is 22.9 Å². The van der Waals surface area contributed by atoms with Gasteiger partial charge in [0.1, 0.15) is 17.9 Å². The summed E-state index contributed by atoms with van der Waals surface area (Å²) in [5.41, 5.74) is 1.88. The normalized spacial score (nSPS) is 17.9. The largest absolute Gasteiger partial charge is 0.711 e. The summed E-state index contributed by atoms with van der Waals surface area (Å²) in [6.07, 6.45) is 1.65. The molecule has 1 fully saturated rings. The molecule has 0 atom stereocenters. The molecule has 1 saturated heterocycles. The highest BCUT2D eigenvalue weighted by Crippen LogP contribution is 2.03. The Morgan fingerprint density at radius 3 is 2.56 bits per heavy atom. The van der Waals surface area contributed by atoms with Crippen LogP contribution >= 0.6 is 0 Å². The number of hydrogen-bond acceptors (Lipinski definition) is 3. The van der Waals surface area contributed by atoms with Crippen LogP contribution in [0, 0.1) is 19.1 Å². The second-order valence-electron chi connectivity index (χ2n) is 4.40. The molecule has 0 unspecified atom stereocenters. The van der Waals surface area contributed by atoms with Gasteiger partial charge in [0.05, 0.1) is 0 Å². The maximum atomic E-state index is 11.4. The molecule has 90 valence electrons. The number of imidazole rings is 1. The molecule has 16 heavy (non-hydrogen) atoms.